The van der Waals surface area contributed by atoms with Crippen LogP contribution in [-0.2, 0) is 0 Å². The zero-order valence-electron chi connectivity index (χ0n) is 21.1. The Labute approximate surface area is 191 Å². The minimum Gasteiger partial charge on any atom is -0.490 e. The number of nitrogens with zero attached hydrogens (tertiary/aromatic N) is 4. The Hall–Kier alpha value is -3.00. The van der Waals surface area contributed by atoms with Crippen LogP contribution in [0.15, 0.2) is 41.3 Å². The summed E-state index contributed by atoms with van der Waals surface area (Å²) in [6, 6.07) is 8.03. The van der Waals surface area contributed by atoms with E-state index in [0.717, 1.165) is 11.4 Å². The van der Waals surface area contributed by atoms with Gasteiger partial charge in [-0.2, -0.15) is 4.52 Å². The van der Waals surface area contributed by atoms with Crippen molar-refractivity contribution in [3.63, 3.8) is 0 Å². The van der Waals surface area contributed by atoms with Crippen LogP contribution in [0.4, 0.5) is 5.82 Å². The van der Waals surface area contributed by atoms with Gasteiger partial charge in [0.05, 0.1) is 5.48 Å². The summed E-state index contributed by atoms with van der Waals surface area (Å²) in [4.78, 5) is 18.6. The molecule has 8 nitrogen and oxygen atoms in total. The van der Waals surface area contributed by atoms with Gasteiger partial charge < -0.3 is 19.1 Å². The summed E-state index contributed by atoms with van der Waals surface area (Å²) in [7, 11) is 0. The first-order chi connectivity index (χ1) is 16.0. The van der Waals surface area contributed by atoms with Gasteiger partial charge in [0.2, 0.25) is 0 Å². The number of hydrogen-bond donors (Lipinski definition) is 0. The van der Waals surface area contributed by atoms with E-state index in [9.17, 15) is 4.79 Å². The fourth-order valence-corrected chi connectivity index (χ4v) is 3.95. The first-order valence-corrected chi connectivity index (χ1v) is 9.85. The number of rotatable bonds is 3. The van der Waals surface area contributed by atoms with Crippen molar-refractivity contribution in [2.75, 3.05) is 24.6 Å². The highest BCUT2D eigenvalue weighted by atomic mass is 35.5. The molecular weight excluding hydrogens is 420 g/mol. The molecule has 0 radical (unpaired) electrons. The van der Waals surface area contributed by atoms with Gasteiger partial charge in [0.1, 0.15) is 25.0 Å². The van der Waals surface area contributed by atoms with E-state index in [1.807, 2.05) is 13.0 Å². The Balaban J connectivity index is 0.00000289. The maximum absolute atomic E-state index is 12.2. The SMILES string of the molecule is Cl.[2H]C1([2H])Oc2ccc(O[C@H]3CCN(c4nn5c(=O)ccnc5cc4C)[C@H](C)C3)cc2OC1([2H])[2H]. The summed E-state index contributed by atoms with van der Waals surface area (Å²) in [6.45, 7) is -0.519. The molecular formula is C22H25ClN4O4. The van der Waals surface area contributed by atoms with Crippen molar-refractivity contribution >= 4 is 23.9 Å². The molecule has 4 heterocycles. The smallest absolute Gasteiger partial charge is 0.274 e. The van der Waals surface area contributed by atoms with Crippen LogP contribution in [0.2, 0.25) is 0 Å². The molecule has 5 rings (SSSR count). The summed E-state index contributed by atoms with van der Waals surface area (Å²) >= 11 is 0. The highest BCUT2D eigenvalue weighted by Crippen LogP contribution is 2.35. The fraction of sp³-hybridized carbons (Fsp3) is 0.409. The van der Waals surface area contributed by atoms with Gasteiger partial charge in [0.25, 0.3) is 5.56 Å². The van der Waals surface area contributed by atoms with Crippen molar-refractivity contribution in [2.45, 2.75) is 38.8 Å². The van der Waals surface area contributed by atoms with Crippen molar-refractivity contribution in [1.29, 1.82) is 0 Å². The minimum atomic E-state index is -2.62. The van der Waals surface area contributed by atoms with Crippen LogP contribution in [0.1, 0.15) is 30.8 Å². The molecule has 164 valence electrons. The predicted octanol–water partition coefficient (Wildman–Crippen LogP) is 3.03. The fourth-order valence-electron chi connectivity index (χ4n) is 3.95. The lowest BCUT2D eigenvalue weighted by molar-refractivity contribution is 0.149. The number of benzene rings is 1. The third-order valence-corrected chi connectivity index (χ3v) is 5.42. The number of aryl methyl sites for hydroxylation is 1. The van der Waals surface area contributed by atoms with E-state index in [1.54, 1.807) is 6.07 Å². The number of anilines is 1. The Morgan fingerprint density at radius 1 is 1.19 bits per heavy atom. The molecule has 0 bridgehead atoms. The van der Waals surface area contributed by atoms with Crippen molar-refractivity contribution in [3.8, 4) is 17.2 Å². The molecule has 0 unspecified atom stereocenters. The molecule has 31 heavy (non-hydrogen) atoms. The zero-order chi connectivity index (χ0) is 24.3. The van der Waals surface area contributed by atoms with Gasteiger partial charge in [0.15, 0.2) is 23.0 Å². The summed E-state index contributed by atoms with van der Waals surface area (Å²) in [5, 5.41) is 4.56. The third kappa shape index (κ3) is 4.12. The van der Waals surface area contributed by atoms with E-state index in [0.29, 0.717) is 30.8 Å². The van der Waals surface area contributed by atoms with Crippen LogP contribution in [0.3, 0.4) is 0 Å². The number of piperidine rings is 1. The Bertz CT molecular complexity index is 1320. The van der Waals surface area contributed by atoms with E-state index in [-0.39, 0.29) is 41.6 Å². The molecule has 1 fully saturated rings. The van der Waals surface area contributed by atoms with Crippen LogP contribution < -0.4 is 24.7 Å². The Morgan fingerprint density at radius 3 is 2.81 bits per heavy atom. The molecule has 0 saturated carbocycles. The number of ether oxygens (including phenoxy) is 3. The highest BCUT2D eigenvalue weighted by Gasteiger charge is 2.29. The quantitative estimate of drug-likeness (QED) is 0.609. The maximum Gasteiger partial charge on any atom is 0.274 e. The van der Waals surface area contributed by atoms with Gasteiger partial charge in [-0.25, -0.2) is 4.98 Å². The third-order valence-electron chi connectivity index (χ3n) is 5.42. The summed E-state index contributed by atoms with van der Waals surface area (Å²) in [6.07, 6.45) is 2.80. The molecule has 2 aromatic heterocycles. The van der Waals surface area contributed by atoms with Crippen LogP contribution in [0.5, 0.6) is 17.2 Å². The van der Waals surface area contributed by atoms with Gasteiger partial charge in [0, 0.05) is 43.8 Å². The first kappa shape index (κ1) is 16.7. The first-order valence-electron chi connectivity index (χ1n) is 11.9. The molecule has 0 amide bonds. The molecule has 0 N–H and O–H groups in total. The number of aromatic nitrogens is 3. The maximum atomic E-state index is 12.2. The van der Waals surface area contributed by atoms with Crippen LogP contribution in [0.25, 0.3) is 5.65 Å². The van der Waals surface area contributed by atoms with Crippen LogP contribution in [-0.4, -0.2) is 46.4 Å². The highest BCUT2D eigenvalue weighted by molar-refractivity contribution is 5.85. The second-order valence-corrected chi connectivity index (χ2v) is 7.53. The van der Waals surface area contributed by atoms with Crippen molar-refractivity contribution in [3.05, 3.63) is 52.4 Å². The lowest BCUT2D eigenvalue weighted by Gasteiger charge is -2.39. The van der Waals surface area contributed by atoms with Crippen LogP contribution in [0, 0.1) is 6.92 Å². The molecule has 9 heteroatoms. The molecule has 0 spiro atoms. The Morgan fingerprint density at radius 2 is 2.00 bits per heavy atom. The van der Waals surface area contributed by atoms with Gasteiger partial charge in [-0.15, -0.1) is 17.5 Å². The molecule has 3 aromatic rings. The molecule has 0 aliphatic carbocycles. The average molecular weight is 449 g/mol. The van der Waals surface area contributed by atoms with E-state index in [1.165, 1.54) is 28.9 Å². The lowest BCUT2D eigenvalue weighted by Crippen LogP contribution is -2.45. The van der Waals surface area contributed by atoms with Crippen molar-refractivity contribution in [2.24, 2.45) is 0 Å². The monoisotopic (exact) mass is 448 g/mol. The number of halogens is 1. The standard InChI is InChI=1S/C22H24N4O4.ClH/c1-14-11-20-23-7-5-21(27)26(20)24-22(14)25-8-6-17(12-15(25)2)30-16-3-4-18-19(13-16)29-10-9-28-18;/h3-5,7,11,13,15,17H,6,8-10,12H2,1-2H3;1H/t15-,17+;/m1./s1/i9D2,10D2;. The molecule has 2 aliphatic heterocycles. The molecule has 1 aromatic carbocycles. The Kier molecular flexibility index (Phi) is 4.64. The molecule has 2 atom stereocenters. The summed E-state index contributed by atoms with van der Waals surface area (Å²) in [5.41, 5.74) is 1.22. The van der Waals surface area contributed by atoms with Gasteiger partial charge in [-0.3, -0.25) is 4.79 Å². The lowest BCUT2D eigenvalue weighted by atomic mass is 10.00. The van der Waals surface area contributed by atoms with Crippen molar-refractivity contribution in [1.82, 2.24) is 14.6 Å². The van der Waals surface area contributed by atoms with Crippen LogP contribution >= 0.6 is 12.4 Å². The summed E-state index contributed by atoms with van der Waals surface area (Å²) < 4.78 is 48.7. The minimum absolute atomic E-state index is 0. The van der Waals surface area contributed by atoms with Gasteiger partial charge in [-0.05, 0) is 37.6 Å². The van der Waals surface area contributed by atoms with Gasteiger partial charge in [-0.1, -0.05) is 0 Å². The molecule has 2 aliphatic rings. The predicted molar refractivity (Wildman–Crippen MR) is 119 cm³/mol. The van der Waals surface area contributed by atoms with E-state index < -0.39 is 13.1 Å². The van der Waals surface area contributed by atoms with Crippen molar-refractivity contribution < 1.29 is 19.7 Å². The number of hydrogen-bond acceptors (Lipinski definition) is 7. The topological polar surface area (TPSA) is 78.2 Å². The van der Waals surface area contributed by atoms with E-state index in [2.05, 4.69) is 21.9 Å². The van der Waals surface area contributed by atoms with Gasteiger partial charge >= 0.3 is 0 Å². The number of fused-ring (bicyclic) bond motifs is 2. The second-order valence-electron chi connectivity index (χ2n) is 7.53. The largest absolute Gasteiger partial charge is 0.490 e. The second kappa shape index (κ2) is 8.63. The summed E-state index contributed by atoms with van der Waals surface area (Å²) in [5.74, 6) is 1.45. The van der Waals surface area contributed by atoms with E-state index in [4.69, 9.17) is 19.7 Å². The molecule has 1 saturated heterocycles. The normalized spacial score (nSPS) is 25.4. The zero-order valence-corrected chi connectivity index (χ0v) is 17.9. The van der Waals surface area contributed by atoms with E-state index >= 15 is 0 Å². The average Bonchev–Trinajstić information content (AvgIpc) is 2.75.